The summed E-state index contributed by atoms with van der Waals surface area (Å²) in [5.41, 5.74) is 1.36. The number of nitrogens with one attached hydrogen (secondary N) is 2. The van der Waals surface area contributed by atoms with Gasteiger partial charge in [-0.3, -0.25) is 0 Å². The molecule has 135 valence electrons. The van der Waals surface area contributed by atoms with Crippen LogP contribution in [-0.4, -0.2) is 29.9 Å². The van der Waals surface area contributed by atoms with E-state index in [1.54, 1.807) is 0 Å². The smallest absolute Gasteiger partial charge is 0.0222 e. The molecule has 0 aliphatic rings. The second kappa shape index (κ2) is 17.2. The molecule has 0 amide bonds. The summed E-state index contributed by atoms with van der Waals surface area (Å²) in [5, 5.41) is 7.02. The number of hydrogen-bond acceptors (Lipinski definition) is 2. The first-order valence-corrected chi connectivity index (χ1v) is 10.7. The van der Waals surface area contributed by atoms with E-state index in [4.69, 9.17) is 0 Å². The lowest BCUT2D eigenvalue weighted by Gasteiger charge is -2.07. The largest absolute Gasteiger partial charge is 0.315 e. The molecule has 0 bridgehead atoms. The van der Waals surface area contributed by atoms with E-state index in [0.717, 1.165) is 25.7 Å². The highest BCUT2D eigenvalue weighted by molar-refractivity contribution is 6.08. The Labute approximate surface area is 153 Å². The maximum Gasteiger partial charge on any atom is 0.0222 e. The lowest BCUT2D eigenvalue weighted by molar-refractivity contribution is 0.538. The third-order valence-corrected chi connectivity index (χ3v) is 4.78. The zero-order valence-corrected chi connectivity index (χ0v) is 16.5. The predicted molar refractivity (Wildman–Crippen MR) is 108 cm³/mol. The summed E-state index contributed by atoms with van der Waals surface area (Å²) in [7, 11) is 3.54. The van der Waals surface area contributed by atoms with Gasteiger partial charge in [0.05, 0.1) is 0 Å². The van der Waals surface area contributed by atoms with Crippen LogP contribution in [0.3, 0.4) is 0 Å². The molecule has 24 heavy (non-hydrogen) atoms. The number of unbranched alkanes of at least 4 members (excludes halogenated alkanes) is 9. The molecular weight excluding hydrogens is 308 g/mol. The zero-order chi connectivity index (χ0) is 17.1. The molecule has 0 atom stereocenters. The minimum atomic E-state index is 0.971. The molecule has 0 spiro atoms. The van der Waals surface area contributed by atoms with Gasteiger partial charge < -0.3 is 10.6 Å². The minimum absolute atomic E-state index is 0.971. The first-order valence-electron chi connectivity index (χ1n) is 10.0. The zero-order valence-electron chi connectivity index (χ0n) is 15.5. The molecule has 1 rings (SSSR count). The van der Waals surface area contributed by atoms with E-state index in [2.05, 4.69) is 51.2 Å². The summed E-state index contributed by atoms with van der Waals surface area (Å²) < 4.78 is 0. The standard InChI is InChI=1S/C21H37N2Si/c24-19-13-8-6-4-2-1-3-5-7-12-16-22-17-18-23-20-21-14-10-9-11-15-21/h9-11,14-15,22-23H,1-8,12-13,16-20H2. The van der Waals surface area contributed by atoms with Gasteiger partial charge in [-0.05, 0) is 18.5 Å². The average Bonchev–Trinajstić information content (AvgIpc) is 2.62. The first-order chi connectivity index (χ1) is 11.9. The Morgan fingerprint density at radius 2 is 1.12 bits per heavy atom. The molecule has 0 unspecified atom stereocenters. The molecule has 0 fully saturated rings. The summed E-state index contributed by atoms with van der Waals surface area (Å²) in [6.07, 6.45) is 14.0. The molecule has 1 aromatic rings. The molecule has 3 radical (unpaired) electrons. The molecule has 0 saturated carbocycles. The molecule has 1 aromatic carbocycles. The summed E-state index contributed by atoms with van der Waals surface area (Å²) >= 11 is 0. The molecule has 2 N–H and O–H groups in total. The van der Waals surface area contributed by atoms with E-state index >= 15 is 0 Å². The Morgan fingerprint density at radius 1 is 0.583 bits per heavy atom. The van der Waals surface area contributed by atoms with Crippen molar-refractivity contribution in [2.24, 2.45) is 0 Å². The quantitative estimate of drug-likeness (QED) is 0.311. The van der Waals surface area contributed by atoms with Gasteiger partial charge in [0, 0.05) is 29.9 Å². The minimum Gasteiger partial charge on any atom is -0.315 e. The highest BCUT2D eigenvalue weighted by Gasteiger charge is 1.94. The van der Waals surface area contributed by atoms with Gasteiger partial charge in [-0.25, -0.2) is 0 Å². The first kappa shape index (κ1) is 21.4. The van der Waals surface area contributed by atoms with E-state index < -0.39 is 0 Å². The van der Waals surface area contributed by atoms with Gasteiger partial charge in [0.1, 0.15) is 0 Å². The summed E-state index contributed by atoms with van der Waals surface area (Å²) in [5.74, 6) is 0. The van der Waals surface area contributed by atoms with Crippen molar-refractivity contribution in [3.63, 3.8) is 0 Å². The van der Waals surface area contributed by atoms with Crippen LogP contribution < -0.4 is 10.6 Å². The van der Waals surface area contributed by atoms with E-state index in [1.807, 2.05) is 0 Å². The topological polar surface area (TPSA) is 24.1 Å². The highest BCUT2D eigenvalue weighted by atomic mass is 28.1. The Balaban J connectivity index is 1.70. The fourth-order valence-electron chi connectivity index (χ4n) is 2.92. The lowest BCUT2D eigenvalue weighted by Crippen LogP contribution is -2.27. The second-order valence-electron chi connectivity index (χ2n) is 6.70. The van der Waals surface area contributed by atoms with Gasteiger partial charge in [0.2, 0.25) is 0 Å². The predicted octanol–water partition coefficient (Wildman–Crippen LogP) is 4.85. The highest BCUT2D eigenvalue weighted by Crippen LogP contribution is 2.10. The average molecular weight is 346 g/mol. The van der Waals surface area contributed by atoms with Crippen LogP contribution in [-0.2, 0) is 6.54 Å². The molecular formula is C21H37N2Si. The summed E-state index contributed by atoms with van der Waals surface area (Å²) in [6.45, 7) is 4.25. The van der Waals surface area contributed by atoms with Crippen LogP contribution in [0.25, 0.3) is 0 Å². The Hall–Kier alpha value is -0.643. The van der Waals surface area contributed by atoms with Crippen molar-refractivity contribution >= 4 is 10.2 Å². The van der Waals surface area contributed by atoms with Gasteiger partial charge in [-0.2, -0.15) is 0 Å². The van der Waals surface area contributed by atoms with E-state index in [1.165, 1.54) is 76.3 Å². The van der Waals surface area contributed by atoms with Gasteiger partial charge in [-0.1, -0.05) is 94.2 Å². The van der Waals surface area contributed by atoms with E-state index in [-0.39, 0.29) is 0 Å². The van der Waals surface area contributed by atoms with Crippen LogP contribution in [0.1, 0.15) is 69.8 Å². The molecule has 0 aromatic heterocycles. The Kier molecular flexibility index (Phi) is 15.3. The number of benzene rings is 1. The van der Waals surface area contributed by atoms with Crippen LogP contribution in [0.15, 0.2) is 30.3 Å². The van der Waals surface area contributed by atoms with Crippen LogP contribution >= 0.6 is 0 Å². The normalized spacial score (nSPS) is 11.0. The summed E-state index contributed by atoms with van der Waals surface area (Å²) in [4.78, 5) is 0. The van der Waals surface area contributed by atoms with Crippen molar-refractivity contribution < 1.29 is 0 Å². The SMILES string of the molecule is [Si]CCCCCCCCCCCCNCCNCc1ccccc1. The maximum atomic E-state index is 3.54. The molecule has 0 aliphatic heterocycles. The molecule has 0 saturated heterocycles. The molecule has 2 nitrogen and oxygen atoms in total. The van der Waals surface area contributed by atoms with Crippen molar-refractivity contribution in [2.45, 2.75) is 76.8 Å². The van der Waals surface area contributed by atoms with Gasteiger partial charge in [0.25, 0.3) is 0 Å². The Morgan fingerprint density at radius 3 is 1.75 bits per heavy atom. The third-order valence-electron chi connectivity index (χ3n) is 4.43. The number of rotatable bonds is 17. The van der Waals surface area contributed by atoms with Crippen LogP contribution in [0, 0.1) is 0 Å². The van der Waals surface area contributed by atoms with Crippen molar-refractivity contribution in [2.75, 3.05) is 19.6 Å². The molecule has 0 aliphatic carbocycles. The fourth-order valence-corrected chi connectivity index (χ4v) is 3.17. The van der Waals surface area contributed by atoms with E-state index in [0.29, 0.717) is 0 Å². The van der Waals surface area contributed by atoms with Crippen molar-refractivity contribution in [1.82, 2.24) is 10.6 Å². The Bertz CT molecular complexity index is 356. The van der Waals surface area contributed by atoms with Gasteiger partial charge in [-0.15, -0.1) is 0 Å². The molecule has 0 heterocycles. The monoisotopic (exact) mass is 345 g/mol. The van der Waals surface area contributed by atoms with Crippen molar-refractivity contribution in [3.05, 3.63) is 35.9 Å². The third kappa shape index (κ3) is 13.8. The summed E-state index contributed by atoms with van der Waals surface area (Å²) in [6, 6.07) is 11.8. The molecule has 3 heteroatoms. The number of hydrogen-bond donors (Lipinski definition) is 2. The van der Waals surface area contributed by atoms with Crippen LogP contribution in [0.2, 0.25) is 6.04 Å². The second-order valence-corrected chi connectivity index (χ2v) is 7.20. The van der Waals surface area contributed by atoms with Crippen molar-refractivity contribution in [1.29, 1.82) is 0 Å². The van der Waals surface area contributed by atoms with Crippen molar-refractivity contribution in [3.8, 4) is 0 Å². The van der Waals surface area contributed by atoms with Gasteiger partial charge >= 0.3 is 0 Å². The van der Waals surface area contributed by atoms with Crippen LogP contribution in [0.5, 0.6) is 0 Å². The maximum absolute atomic E-state index is 3.54. The van der Waals surface area contributed by atoms with E-state index in [9.17, 15) is 0 Å². The fraction of sp³-hybridized carbons (Fsp3) is 0.714. The van der Waals surface area contributed by atoms with Crippen LogP contribution in [0.4, 0.5) is 0 Å². The lowest BCUT2D eigenvalue weighted by atomic mass is 10.1. The van der Waals surface area contributed by atoms with Gasteiger partial charge in [0.15, 0.2) is 0 Å².